The standard InChI is InChI=1S/C14H20BrNO2/c1-13(2,3)18-12(17)8-14(4,5)11-7-6-10(15)9-16-11/h6-7,9H,8H2,1-5H3. The number of halogens is 1. The molecule has 0 spiro atoms. The van der Waals surface area contributed by atoms with Crippen LogP contribution in [0.15, 0.2) is 22.8 Å². The molecule has 0 saturated carbocycles. The van der Waals surface area contributed by atoms with E-state index in [2.05, 4.69) is 20.9 Å². The zero-order valence-corrected chi connectivity index (χ0v) is 13.2. The van der Waals surface area contributed by atoms with Crippen LogP contribution in [-0.4, -0.2) is 16.6 Å². The third kappa shape index (κ3) is 4.77. The highest BCUT2D eigenvalue weighted by atomic mass is 79.9. The molecule has 0 aliphatic heterocycles. The number of aromatic nitrogens is 1. The van der Waals surface area contributed by atoms with Gasteiger partial charge in [0.1, 0.15) is 5.60 Å². The summed E-state index contributed by atoms with van der Waals surface area (Å²) in [5, 5.41) is 0. The number of carbonyl (C=O) groups is 1. The minimum absolute atomic E-state index is 0.197. The Morgan fingerprint density at radius 3 is 2.33 bits per heavy atom. The zero-order chi connectivity index (χ0) is 14.0. The van der Waals surface area contributed by atoms with Gasteiger partial charge < -0.3 is 4.74 Å². The largest absolute Gasteiger partial charge is 0.460 e. The van der Waals surface area contributed by atoms with E-state index < -0.39 is 5.60 Å². The van der Waals surface area contributed by atoms with Gasteiger partial charge in [-0.15, -0.1) is 0 Å². The molecular formula is C14H20BrNO2. The van der Waals surface area contributed by atoms with Crippen LogP contribution in [0.2, 0.25) is 0 Å². The average Bonchev–Trinajstić information content (AvgIpc) is 2.13. The normalized spacial score (nSPS) is 12.3. The third-order valence-corrected chi connectivity index (χ3v) is 2.90. The lowest BCUT2D eigenvalue weighted by molar-refractivity contribution is -0.156. The van der Waals surface area contributed by atoms with Gasteiger partial charge in [0, 0.05) is 21.8 Å². The van der Waals surface area contributed by atoms with Crippen LogP contribution in [0.5, 0.6) is 0 Å². The first-order valence-corrected chi connectivity index (χ1v) is 6.73. The molecule has 0 amide bonds. The molecule has 0 aromatic carbocycles. The molecule has 0 aliphatic rings. The van der Waals surface area contributed by atoms with Crippen molar-refractivity contribution in [3.05, 3.63) is 28.5 Å². The summed E-state index contributed by atoms with van der Waals surface area (Å²) in [5.41, 5.74) is 0.111. The molecule has 0 atom stereocenters. The van der Waals surface area contributed by atoms with Crippen molar-refractivity contribution in [2.24, 2.45) is 0 Å². The van der Waals surface area contributed by atoms with E-state index in [-0.39, 0.29) is 11.4 Å². The number of hydrogen-bond acceptors (Lipinski definition) is 3. The number of hydrogen-bond donors (Lipinski definition) is 0. The molecule has 0 radical (unpaired) electrons. The number of nitrogens with zero attached hydrogens (tertiary/aromatic N) is 1. The van der Waals surface area contributed by atoms with E-state index in [1.54, 1.807) is 6.20 Å². The second-order valence-corrected chi connectivity index (χ2v) is 6.92. The van der Waals surface area contributed by atoms with Gasteiger partial charge in [-0.2, -0.15) is 0 Å². The van der Waals surface area contributed by atoms with Crippen LogP contribution >= 0.6 is 15.9 Å². The molecule has 3 nitrogen and oxygen atoms in total. The van der Waals surface area contributed by atoms with Gasteiger partial charge in [-0.3, -0.25) is 9.78 Å². The fraction of sp³-hybridized carbons (Fsp3) is 0.571. The molecular weight excluding hydrogens is 294 g/mol. The summed E-state index contributed by atoms with van der Waals surface area (Å²) in [5.74, 6) is -0.197. The summed E-state index contributed by atoms with van der Waals surface area (Å²) in [4.78, 5) is 16.2. The Bertz CT molecular complexity index is 418. The van der Waals surface area contributed by atoms with E-state index >= 15 is 0 Å². The van der Waals surface area contributed by atoms with Crippen molar-refractivity contribution >= 4 is 21.9 Å². The molecule has 0 unspecified atom stereocenters. The third-order valence-electron chi connectivity index (χ3n) is 2.43. The van der Waals surface area contributed by atoms with E-state index in [9.17, 15) is 4.79 Å². The lowest BCUT2D eigenvalue weighted by atomic mass is 9.85. The monoisotopic (exact) mass is 313 g/mol. The van der Waals surface area contributed by atoms with Gasteiger partial charge in [-0.05, 0) is 48.8 Å². The minimum atomic E-state index is -0.444. The minimum Gasteiger partial charge on any atom is -0.460 e. The van der Waals surface area contributed by atoms with Gasteiger partial charge in [0.25, 0.3) is 0 Å². The van der Waals surface area contributed by atoms with Gasteiger partial charge >= 0.3 is 5.97 Å². The van der Waals surface area contributed by atoms with Gasteiger partial charge in [0.2, 0.25) is 0 Å². The highest BCUT2D eigenvalue weighted by Gasteiger charge is 2.28. The van der Waals surface area contributed by atoms with Crippen molar-refractivity contribution in [2.45, 2.75) is 52.1 Å². The van der Waals surface area contributed by atoms with Crippen molar-refractivity contribution in [3.63, 3.8) is 0 Å². The van der Waals surface area contributed by atoms with Crippen LogP contribution in [0, 0.1) is 0 Å². The second kappa shape index (κ2) is 5.39. The first kappa shape index (κ1) is 15.2. The molecule has 1 heterocycles. The molecule has 0 aliphatic carbocycles. The summed E-state index contributed by atoms with van der Waals surface area (Å²) in [6.07, 6.45) is 2.06. The quantitative estimate of drug-likeness (QED) is 0.796. The number of esters is 1. The number of pyridine rings is 1. The van der Waals surface area contributed by atoms with E-state index in [1.165, 1.54) is 0 Å². The first-order chi connectivity index (χ1) is 8.10. The molecule has 18 heavy (non-hydrogen) atoms. The smallest absolute Gasteiger partial charge is 0.307 e. The van der Waals surface area contributed by atoms with Crippen molar-refractivity contribution in [2.75, 3.05) is 0 Å². The van der Waals surface area contributed by atoms with Crippen molar-refractivity contribution in [3.8, 4) is 0 Å². The molecule has 4 heteroatoms. The molecule has 0 fully saturated rings. The molecule has 0 N–H and O–H groups in total. The maximum atomic E-state index is 11.9. The van der Waals surface area contributed by atoms with Crippen LogP contribution in [0.1, 0.15) is 46.7 Å². The maximum Gasteiger partial charge on any atom is 0.307 e. The molecule has 1 aromatic heterocycles. The number of rotatable bonds is 3. The average molecular weight is 314 g/mol. The highest BCUT2D eigenvalue weighted by molar-refractivity contribution is 9.10. The predicted molar refractivity (Wildman–Crippen MR) is 75.4 cm³/mol. The first-order valence-electron chi connectivity index (χ1n) is 5.94. The van der Waals surface area contributed by atoms with Crippen LogP contribution in [0.25, 0.3) is 0 Å². The van der Waals surface area contributed by atoms with Gasteiger partial charge in [0.05, 0.1) is 6.42 Å². The van der Waals surface area contributed by atoms with Gasteiger partial charge in [-0.25, -0.2) is 0 Å². The van der Waals surface area contributed by atoms with Crippen molar-refractivity contribution < 1.29 is 9.53 Å². The van der Waals surface area contributed by atoms with Crippen molar-refractivity contribution in [1.82, 2.24) is 4.98 Å². The van der Waals surface area contributed by atoms with E-state index in [4.69, 9.17) is 4.74 Å². The molecule has 100 valence electrons. The molecule has 1 aromatic rings. The summed E-state index contributed by atoms with van der Waals surface area (Å²) in [6.45, 7) is 9.60. The fourth-order valence-electron chi connectivity index (χ4n) is 1.61. The summed E-state index contributed by atoms with van der Waals surface area (Å²) in [7, 11) is 0. The van der Waals surface area contributed by atoms with Gasteiger partial charge in [-0.1, -0.05) is 13.8 Å². The van der Waals surface area contributed by atoms with E-state index in [0.717, 1.165) is 10.2 Å². The second-order valence-electron chi connectivity index (χ2n) is 6.01. The lowest BCUT2D eigenvalue weighted by Crippen LogP contribution is -2.29. The SMILES string of the molecule is CC(C)(C)OC(=O)CC(C)(C)c1ccc(Br)cn1. The van der Waals surface area contributed by atoms with E-state index in [1.807, 2.05) is 46.8 Å². The van der Waals surface area contributed by atoms with Crippen molar-refractivity contribution in [1.29, 1.82) is 0 Å². The summed E-state index contributed by atoms with van der Waals surface area (Å²) >= 11 is 3.35. The molecule has 1 rings (SSSR count). The Morgan fingerprint density at radius 2 is 1.89 bits per heavy atom. The Morgan fingerprint density at radius 1 is 1.28 bits per heavy atom. The van der Waals surface area contributed by atoms with Crippen LogP contribution in [0.4, 0.5) is 0 Å². The Balaban J connectivity index is 2.75. The zero-order valence-electron chi connectivity index (χ0n) is 11.6. The summed E-state index contributed by atoms with van der Waals surface area (Å²) in [6, 6.07) is 3.85. The van der Waals surface area contributed by atoms with Gasteiger partial charge in [0.15, 0.2) is 0 Å². The number of ether oxygens (including phenoxy) is 1. The fourth-order valence-corrected chi connectivity index (χ4v) is 1.84. The summed E-state index contributed by atoms with van der Waals surface area (Å²) < 4.78 is 6.27. The van der Waals surface area contributed by atoms with E-state index in [0.29, 0.717) is 6.42 Å². The Labute approximate surface area is 117 Å². The Hall–Kier alpha value is -0.900. The van der Waals surface area contributed by atoms with Crippen LogP contribution in [0.3, 0.4) is 0 Å². The topological polar surface area (TPSA) is 39.2 Å². The lowest BCUT2D eigenvalue weighted by Gasteiger charge is -2.26. The number of carbonyl (C=O) groups excluding carboxylic acids is 1. The predicted octanol–water partition coefficient (Wildman–Crippen LogP) is 3.85. The van der Waals surface area contributed by atoms with Crippen LogP contribution < -0.4 is 0 Å². The molecule has 0 saturated heterocycles. The van der Waals surface area contributed by atoms with Crippen LogP contribution in [-0.2, 0) is 14.9 Å². The highest BCUT2D eigenvalue weighted by Crippen LogP contribution is 2.27. The Kier molecular flexibility index (Phi) is 4.54. The molecule has 0 bridgehead atoms. The maximum absolute atomic E-state index is 11.9.